The van der Waals surface area contributed by atoms with Crippen molar-refractivity contribution < 1.29 is 0 Å². The van der Waals surface area contributed by atoms with E-state index in [1.807, 2.05) is 0 Å². The Morgan fingerprint density at radius 3 is 2.18 bits per heavy atom. The molecule has 0 aliphatic rings. The standard InChI is InChI=1S/C11H18/c1-6-10(5)8-11(7-2)9(3)4/h6,8H,3,7H2,1-2,4-5H3/b10-6-,11-8-. The van der Waals surface area contributed by atoms with Gasteiger partial charge in [0.05, 0.1) is 0 Å². The lowest BCUT2D eigenvalue weighted by Crippen LogP contribution is -1.82. The molecule has 0 bridgehead atoms. The van der Waals surface area contributed by atoms with Crippen molar-refractivity contribution in [2.24, 2.45) is 0 Å². The molecule has 0 rings (SSSR count). The van der Waals surface area contributed by atoms with Gasteiger partial charge in [0.25, 0.3) is 0 Å². The highest BCUT2D eigenvalue weighted by atomic mass is 14.0. The fraction of sp³-hybridized carbons (Fsp3) is 0.455. The SMILES string of the molecule is C=C(C)/C(=C\C(C)=C/C)CC. The molecular formula is C11H18. The van der Waals surface area contributed by atoms with E-state index in [2.05, 4.69) is 46.4 Å². The zero-order chi connectivity index (χ0) is 8.85. The van der Waals surface area contributed by atoms with Crippen molar-refractivity contribution in [1.82, 2.24) is 0 Å². The average Bonchev–Trinajstić information content (AvgIpc) is 1.99. The van der Waals surface area contributed by atoms with Crippen molar-refractivity contribution in [3.05, 3.63) is 35.5 Å². The molecule has 0 aromatic rings. The van der Waals surface area contributed by atoms with Gasteiger partial charge in [0.1, 0.15) is 0 Å². The average molecular weight is 150 g/mol. The zero-order valence-electron chi connectivity index (χ0n) is 8.07. The minimum atomic E-state index is 1.07. The lowest BCUT2D eigenvalue weighted by molar-refractivity contribution is 1.10. The van der Waals surface area contributed by atoms with Gasteiger partial charge < -0.3 is 0 Å². The first-order valence-corrected chi connectivity index (χ1v) is 4.11. The molecule has 0 atom stereocenters. The summed E-state index contributed by atoms with van der Waals surface area (Å²) >= 11 is 0. The second kappa shape index (κ2) is 4.95. The summed E-state index contributed by atoms with van der Waals surface area (Å²) in [5.74, 6) is 0. The summed E-state index contributed by atoms with van der Waals surface area (Å²) in [5, 5.41) is 0. The smallest absolute Gasteiger partial charge is 0.0305 e. The fourth-order valence-corrected chi connectivity index (χ4v) is 0.885. The van der Waals surface area contributed by atoms with Gasteiger partial charge in [0.15, 0.2) is 0 Å². The summed E-state index contributed by atoms with van der Waals surface area (Å²) in [7, 11) is 0. The molecule has 0 fully saturated rings. The Morgan fingerprint density at radius 2 is 1.91 bits per heavy atom. The van der Waals surface area contributed by atoms with Crippen LogP contribution in [0.5, 0.6) is 0 Å². The molecule has 0 aliphatic heterocycles. The molecule has 11 heavy (non-hydrogen) atoms. The van der Waals surface area contributed by atoms with Crippen molar-refractivity contribution in [3.63, 3.8) is 0 Å². The highest BCUT2D eigenvalue weighted by Gasteiger charge is 1.93. The molecule has 0 amide bonds. The normalized spacial score (nSPS) is 13.5. The monoisotopic (exact) mass is 150 g/mol. The Kier molecular flexibility index (Phi) is 4.60. The third-order valence-electron chi connectivity index (χ3n) is 1.79. The van der Waals surface area contributed by atoms with Crippen LogP contribution in [-0.2, 0) is 0 Å². The first-order valence-electron chi connectivity index (χ1n) is 4.11. The van der Waals surface area contributed by atoms with E-state index in [0.717, 1.165) is 6.42 Å². The molecule has 0 heterocycles. The fourth-order valence-electron chi connectivity index (χ4n) is 0.885. The van der Waals surface area contributed by atoms with Gasteiger partial charge in [0, 0.05) is 0 Å². The maximum absolute atomic E-state index is 3.92. The largest absolute Gasteiger partial charge is 0.0958 e. The van der Waals surface area contributed by atoms with E-state index in [9.17, 15) is 0 Å². The second-order valence-electron chi connectivity index (χ2n) is 2.84. The van der Waals surface area contributed by atoms with E-state index in [1.165, 1.54) is 16.7 Å². The lowest BCUT2D eigenvalue weighted by atomic mass is 10.0. The van der Waals surface area contributed by atoms with Crippen LogP contribution in [0.2, 0.25) is 0 Å². The van der Waals surface area contributed by atoms with Gasteiger partial charge in [-0.2, -0.15) is 0 Å². The molecule has 62 valence electrons. The summed E-state index contributed by atoms with van der Waals surface area (Å²) in [4.78, 5) is 0. The minimum Gasteiger partial charge on any atom is -0.0958 e. The van der Waals surface area contributed by atoms with Crippen LogP contribution in [0.1, 0.15) is 34.1 Å². The van der Waals surface area contributed by atoms with Gasteiger partial charge in [-0.05, 0) is 32.8 Å². The Bertz CT molecular complexity index is 192. The summed E-state index contributed by atoms with van der Waals surface area (Å²) in [6, 6.07) is 0. The van der Waals surface area contributed by atoms with Gasteiger partial charge in [-0.3, -0.25) is 0 Å². The van der Waals surface area contributed by atoms with Gasteiger partial charge in [-0.25, -0.2) is 0 Å². The van der Waals surface area contributed by atoms with Crippen LogP contribution in [0.25, 0.3) is 0 Å². The van der Waals surface area contributed by atoms with Gasteiger partial charge in [0.2, 0.25) is 0 Å². The predicted octanol–water partition coefficient (Wildman–Crippen LogP) is 3.87. The first kappa shape index (κ1) is 10.2. The van der Waals surface area contributed by atoms with Crippen LogP contribution in [0, 0.1) is 0 Å². The van der Waals surface area contributed by atoms with E-state index in [0.29, 0.717) is 0 Å². The molecule has 0 heteroatoms. The quantitative estimate of drug-likeness (QED) is 0.536. The summed E-state index contributed by atoms with van der Waals surface area (Å²) < 4.78 is 0. The van der Waals surface area contributed by atoms with E-state index >= 15 is 0 Å². The number of hydrogen-bond acceptors (Lipinski definition) is 0. The minimum absolute atomic E-state index is 1.07. The Morgan fingerprint density at radius 1 is 1.36 bits per heavy atom. The topological polar surface area (TPSA) is 0 Å². The van der Waals surface area contributed by atoms with Crippen molar-refractivity contribution in [3.8, 4) is 0 Å². The maximum Gasteiger partial charge on any atom is -0.0305 e. The second-order valence-corrected chi connectivity index (χ2v) is 2.84. The molecule has 0 spiro atoms. The van der Waals surface area contributed by atoms with Crippen LogP contribution in [0.15, 0.2) is 35.5 Å². The molecule has 0 saturated heterocycles. The van der Waals surface area contributed by atoms with Crippen molar-refractivity contribution in [2.75, 3.05) is 0 Å². The van der Waals surface area contributed by atoms with Crippen LogP contribution < -0.4 is 0 Å². The van der Waals surface area contributed by atoms with Crippen molar-refractivity contribution in [2.45, 2.75) is 34.1 Å². The lowest BCUT2D eigenvalue weighted by Gasteiger charge is -2.02. The first-order chi connectivity index (χ1) is 5.11. The summed E-state index contributed by atoms with van der Waals surface area (Å²) in [5.41, 5.74) is 3.83. The van der Waals surface area contributed by atoms with Crippen LogP contribution >= 0.6 is 0 Å². The van der Waals surface area contributed by atoms with Crippen LogP contribution in [0.4, 0.5) is 0 Å². The van der Waals surface area contributed by atoms with E-state index in [-0.39, 0.29) is 0 Å². The Hall–Kier alpha value is -0.780. The molecule has 0 radical (unpaired) electrons. The molecule has 0 aliphatic carbocycles. The van der Waals surface area contributed by atoms with E-state index < -0.39 is 0 Å². The maximum atomic E-state index is 3.92. The third kappa shape index (κ3) is 3.82. The molecule has 0 unspecified atom stereocenters. The molecular weight excluding hydrogens is 132 g/mol. The molecule has 0 saturated carbocycles. The van der Waals surface area contributed by atoms with E-state index in [4.69, 9.17) is 0 Å². The summed E-state index contributed by atoms with van der Waals surface area (Å²) in [6.07, 6.45) is 5.38. The van der Waals surface area contributed by atoms with Crippen LogP contribution in [-0.4, -0.2) is 0 Å². The van der Waals surface area contributed by atoms with E-state index in [1.54, 1.807) is 0 Å². The molecule has 0 aromatic carbocycles. The molecule has 0 aromatic heterocycles. The Balaban J connectivity index is 4.49. The van der Waals surface area contributed by atoms with Gasteiger partial charge >= 0.3 is 0 Å². The Labute approximate surface area is 70.3 Å². The van der Waals surface area contributed by atoms with Gasteiger partial charge in [-0.15, -0.1) is 0 Å². The third-order valence-corrected chi connectivity index (χ3v) is 1.79. The predicted molar refractivity (Wildman–Crippen MR) is 52.6 cm³/mol. The highest BCUT2D eigenvalue weighted by Crippen LogP contribution is 2.13. The molecule has 0 nitrogen and oxygen atoms in total. The number of hydrogen-bond donors (Lipinski definition) is 0. The zero-order valence-corrected chi connectivity index (χ0v) is 8.07. The molecule has 0 N–H and O–H groups in total. The highest BCUT2D eigenvalue weighted by molar-refractivity contribution is 5.33. The van der Waals surface area contributed by atoms with Crippen molar-refractivity contribution >= 4 is 0 Å². The number of rotatable bonds is 3. The van der Waals surface area contributed by atoms with Crippen molar-refractivity contribution in [1.29, 1.82) is 0 Å². The number of allylic oxidation sites excluding steroid dienone is 5. The van der Waals surface area contributed by atoms with Crippen LogP contribution in [0.3, 0.4) is 0 Å². The van der Waals surface area contributed by atoms with Gasteiger partial charge in [-0.1, -0.05) is 36.8 Å². The summed E-state index contributed by atoms with van der Waals surface area (Å²) in [6.45, 7) is 12.3.